The highest BCUT2D eigenvalue weighted by Crippen LogP contribution is 2.14. The van der Waals surface area contributed by atoms with E-state index in [0.717, 1.165) is 0 Å². The van der Waals surface area contributed by atoms with Crippen LogP contribution in [0.1, 0.15) is 88.2 Å². The first-order chi connectivity index (χ1) is 11.7. The van der Waals surface area contributed by atoms with Gasteiger partial charge in [0.05, 0.1) is 0 Å². The van der Waals surface area contributed by atoms with Gasteiger partial charge in [-0.1, -0.05) is 88.5 Å². The maximum atomic E-state index is 2.29. The second-order valence-corrected chi connectivity index (χ2v) is 7.72. The van der Waals surface area contributed by atoms with Crippen LogP contribution in [0.4, 0.5) is 0 Å². The molecule has 0 unspecified atom stereocenters. The summed E-state index contributed by atoms with van der Waals surface area (Å²) >= 11 is 0. The maximum absolute atomic E-state index is 2.29. The fourth-order valence-corrected chi connectivity index (χ4v) is 3.40. The van der Waals surface area contributed by atoms with E-state index in [4.69, 9.17) is 0 Å². The average molecular weight is 368 g/mol. The van der Waals surface area contributed by atoms with Crippen molar-refractivity contribution in [1.82, 2.24) is 4.90 Å². The molecule has 0 bridgehead atoms. The van der Waals surface area contributed by atoms with Crippen LogP contribution >= 0.6 is 12.4 Å². The summed E-state index contributed by atoms with van der Waals surface area (Å²) in [5, 5.41) is 0. The van der Waals surface area contributed by atoms with Crippen molar-refractivity contribution in [1.29, 1.82) is 0 Å². The lowest BCUT2D eigenvalue weighted by Gasteiger charge is -2.08. The third-order valence-corrected chi connectivity index (χ3v) is 5.06. The van der Waals surface area contributed by atoms with Crippen LogP contribution in [0.3, 0.4) is 0 Å². The maximum Gasteiger partial charge on any atom is -0.00248 e. The van der Waals surface area contributed by atoms with E-state index in [2.05, 4.69) is 50.2 Å². The standard InChI is InChI=1S/C23H41N.ClH/c1-22-18-15-16-20-23(22)19-14-12-10-8-6-4-5-7-9-11-13-17-21-24(2)3;/h15-16,18,20H,4-14,17,19,21H2,1-3H3;1H. The van der Waals surface area contributed by atoms with Gasteiger partial charge in [-0.2, -0.15) is 0 Å². The molecule has 0 atom stereocenters. The molecule has 0 fully saturated rings. The number of hydrogen-bond acceptors (Lipinski definition) is 1. The SMILES string of the molecule is Cc1ccccc1CCCCCCCCCCCCCCN(C)C.Cl. The number of rotatable bonds is 15. The summed E-state index contributed by atoms with van der Waals surface area (Å²) in [6.45, 7) is 3.49. The van der Waals surface area contributed by atoms with E-state index in [1.807, 2.05) is 0 Å². The van der Waals surface area contributed by atoms with E-state index in [-0.39, 0.29) is 12.4 Å². The molecule has 1 nitrogen and oxygen atoms in total. The predicted octanol–water partition coefficient (Wildman–Crippen LogP) is 7.20. The van der Waals surface area contributed by atoms with Gasteiger partial charge in [-0.3, -0.25) is 0 Å². The van der Waals surface area contributed by atoms with E-state index in [9.17, 15) is 0 Å². The molecular formula is C23H42ClN. The molecule has 2 heteroatoms. The normalized spacial score (nSPS) is 10.9. The Morgan fingerprint density at radius 3 is 1.56 bits per heavy atom. The summed E-state index contributed by atoms with van der Waals surface area (Å²) < 4.78 is 0. The molecule has 0 aliphatic rings. The van der Waals surface area contributed by atoms with Crippen molar-refractivity contribution in [2.45, 2.75) is 90.4 Å². The van der Waals surface area contributed by atoms with Crippen LogP contribution in [-0.2, 0) is 6.42 Å². The highest BCUT2D eigenvalue weighted by Gasteiger charge is 1.98. The Morgan fingerprint density at radius 1 is 0.640 bits per heavy atom. The Kier molecular flexibility index (Phi) is 16.6. The van der Waals surface area contributed by atoms with Crippen LogP contribution in [0.2, 0.25) is 0 Å². The van der Waals surface area contributed by atoms with Crippen LogP contribution in [0.25, 0.3) is 0 Å². The molecule has 1 aromatic rings. The number of halogens is 1. The lowest BCUT2D eigenvalue weighted by molar-refractivity contribution is 0.389. The Hall–Kier alpha value is -0.530. The van der Waals surface area contributed by atoms with Crippen molar-refractivity contribution in [3.05, 3.63) is 35.4 Å². The van der Waals surface area contributed by atoms with Gasteiger partial charge in [0.25, 0.3) is 0 Å². The molecule has 25 heavy (non-hydrogen) atoms. The smallest absolute Gasteiger partial charge is 0.00248 e. The molecule has 1 aromatic carbocycles. The zero-order valence-electron chi connectivity index (χ0n) is 17.1. The minimum Gasteiger partial charge on any atom is -0.309 e. The molecular weight excluding hydrogens is 326 g/mol. The summed E-state index contributed by atoms with van der Waals surface area (Å²) in [7, 11) is 4.34. The summed E-state index contributed by atoms with van der Waals surface area (Å²) in [4.78, 5) is 2.29. The molecule has 0 saturated carbocycles. The van der Waals surface area contributed by atoms with Crippen LogP contribution in [-0.4, -0.2) is 25.5 Å². The average Bonchev–Trinajstić information content (AvgIpc) is 2.56. The number of unbranched alkanes of at least 4 members (excludes halogenated alkanes) is 11. The monoisotopic (exact) mass is 367 g/mol. The van der Waals surface area contributed by atoms with Crippen LogP contribution < -0.4 is 0 Å². The quantitative estimate of drug-likeness (QED) is 0.296. The molecule has 0 spiro atoms. The van der Waals surface area contributed by atoms with Crippen molar-refractivity contribution in [3.8, 4) is 0 Å². The van der Waals surface area contributed by atoms with Crippen LogP contribution in [0, 0.1) is 6.92 Å². The topological polar surface area (TPSA) is 3.24 Å². The van der Waals surface area contributed by atoms with Crippen molar-refractivity contribution < 1.29 is 0 Å². The fraction of sp³-hybridized carbons (Fsp3) is 0.739. The summed E-state index contributed by atoms with van der Waals surface area (Å²) in [6, 6.07) is 8.83. The van der Waals surface area contributed by atoms with Crippen molar-refractivity contribution in [2.24, 2.45) is 0 Å². The van der Waals surface area contributed by atoms with Gasteiger partial charge < -0.3 is 4.90 Å². The summed E-state index contributed by atoms with van der Waals surface area (Å²) in [6.07, 6.45) is 18.4. The lowest BCUT2D eigenvalue weighted by Crippen LogP contribution is -2.12. The van der Waals surface area contributed by atoms with E-state index >= 15 is 0 Å². The Balaban J connectivity index is 0.00000576. The first-order valence-electron chi connectivity index (χ1n) is 10.4. The number of aryl methyl sites for hydroxylation is 2. The third kappa shape index (κ3) is 14.3. The number of nitrogens with zero attached hydrogens (tertiary/aromatic N) is 1. The predicted molar refractivity (Wildman–Crippen MR) is 116 cm³/mol. The van der Waals surface area contributed by atoms with Crippen molar-refractivity contribution in [3.63, 3.8) is 0 Å². The zero-order valence-corrected chi connectivity index (χ0v) is 17.9. The van der Waals surface area contributed by atoms with Gasteiger partial charge in [-0.05, 0) is 58.0 Å². The van der Waals surface area contributed by atoms with Gasteiger partial charge in [-0.25, -0.2) is 0 Å². The molecule has 146 valence electrons. The number of hydrogen-bond donors (Lipinski definition) is 0. The molecule has 0 heterocycles. The Morgan fingerprint density at radius 2 is 1.08 bits per heavy atom. The molecule has 0 aromatic heterocycles. The van der Waals surface area contributed by atoms with Gasteiger partial charge in [-0.15, -0.1) is 12.4 Å². The summed E-state index contributed by atoms with van der Waals surface area (Å²) in [5.74, 6) is 0. The van der Waals surface area contributed by atoms with Crippen molar-refractivity contribution >= 4 is 12.4 Å². The lowest BCUT2D eigenvalue weighted by atomic mass is 10.0. The van der Waals surface area contributed by atoms with Gasteiger partial charge in [0.1, 0.15) is 0 Å². The molecule has 0 saturated heterocycles. The zero-order chi connectivity index (χ0) is 17.5. The van der Waals surface area contributed by atoms with E-state index in [0.29, 0.717) is 0 Å². The van der Waals surface area contributed by atoms with E-state index < -0.39 is 0 Å². The Labute approximate surface area is 164 Å². The van der Waals surface area contributed by atoms with Crippen LogP contribution in [0.15, 0.2) is 24.3 Å². The van der Waals surface area contributed by atoms with E-state index in [1.54, 1.807) is 5.56 Å². The molecule has 0 N–H and O–H groups in total. The fourth-order valence-electron chi connectivity index (χ4n) is 3.40. The highest BCUT2D eigenvalue weighted by molar-refractivity contribution is 5.85. The van der Waals surface area contributed by atoms with Crippen LogP contribution in [0.5, 0.6) is 0 Å². The second-order valence-electron chi connectivity index (χ2n) is 7.72. The molecule has 0 aliphatic carbocycles. The highest BCUT2D eigenvalue weighted by atomic mass is 35.5. The van der Waals surface area contributed by atoms with Gasteiger partial charge in [0.2, 0.25) is 0 Å². The minimum atomic E-state index is 0. The Bertz CT molecular complexity index is 403. The third-order valence-electron chi connectivity index (χ3n) is 5.06. The molecule has 1 rings (SSSR count). The van der Waals surface area contributed by atoms with Gasteiger partial charge in [0, 0.05) is 0 Å². The van der Waals surface area contributed by atoms with Crippen molar-refractivity contribution in [2.75, 3.05) is 20.6 Å². The second kappa shape index (κ2) is 16.9. The molecule has 0 amide bonds. The van der Waals surface area contributed by atoms with E-state index in [1.165, 1.54) is 95.6 Å². The summed E-state index contributed by atoms with van der Waals surface area (Å²) in [5.41, 5.74) is 3.00. The van der Waals surface area contributed by atoms with Gasteiger partial charge in [0.15, 0.2) is 0 Å². The first-order valence-corrected chi connectivity index (χ1v) is 10.4. The number of benzene rings is 1. The minimum absolute atomic E-state index is 0. The first kappa shape index (κ1) is 24.5. The molecule has 0 radical (unpaired) electrons. The van der Waals surface area contributed by atoms with Gasteiger partial charge >= 0.3 is 0 Å². The largest absolute Gasteiger partial charge is 0.309 e. The molecule has 0 aliphatic heterocycles.